The van der Waals surface area contributed by atoms with Crippen molar-refractivity contribution in [1.82, 2.24) is 0 Å². The molecule has 0 radical (unpaired) electrons. The molecule has 0 spiro atoms. The third kappa shape index (κ3) is 2.66. The lowest BCUT2D eigenvalue weighted by atomic mass is 9.86. The Hall–Kier alpha value is -1.75. The first-order chi connectivity index (χ1) is 8.90. The fourth-order valence-electron chi connectivity index (χ4n) is 2.20. The molecule has 1 aliphatic rings. The van der Waals surface area contributed by atoms with Crippen LogP contribution in [0.15, 0.2) is 18.2 Å². The Bertz CT molecular complexity index is 527. The van der Waals surface area contributed by atoms with Gasteiger partial charge in [0.1, 0.15) is 0 Å². The maximum absolute atomic E-state index is 11.4. The lowest BCUT2D eigenvalue weighted by Gasteiger charge is -2.43. The third-order valence-corrected chi connectivity index (χ3v) is 3.81. The van der Waals surface area contributed by atoms with Crippen molar-refractivity contribution in [3.8, 4) is 0 Å². The summed E-state index contributed by atoms with van der Waals surface area (Å²) >= 11 is 5.92. The third-order valence-electron chi connectivity index (χ3n) is 3.57. The Kier molecular flexibility index (Phi) is 3.66. The zero-order valence-electron chi connectivity index (χ0n) is 10.5. The molecule has 0 aromatic heterocycles. The molecule has 1 aromatic carbocycles. The Morgan fingerprint density at radius 2 is 2.11 bits per heavy atom. The average Bonchev–Trinajstić information content (AvgIpc) is 2.26. The van der Waals surface area contributed by atoms with Gasteiger partial charge in [-0.05, 0) is 18.2 Å². The summed E-state index contributed by atoms with van der Waals surface area (Å²) in [6.45, 7) is 2.87. The fourth-order valence-corrected chi connectivity index (χ4v) is 2.37. The van der Waals surface area contributed by atoms with E-state index in [1.807, 2.05) is 4.90 Å². The topological polar surface area (TPSA) is 83.6 Å². The van der Waals surface area contributed by atoms with Crippen molar-refractivity contribution in [2.24, 2.45) is 17.6 Å². The highest BCUT2D eigenvalue weighted by molar-refractivity contribution is 6.31. The molecule has 0 bridgehead atoms. The molecule has 1 saturated heterocycles. The van der Waals surface area contributed by atoms with E-state index in [4.69, 9.17) is 22.4 Å². The van der Waals surface area contributed by atoms with Crippen LogP contribution in [0.1, 0.15) is 17.3 Å². The smallest absolute Gasteiger partial charge is 0.306 e. The molecule has 2 rings (SSSR count). The van der Waals surface area contributed by atoms with Crippen LogP contribution in [0, 0.1) is 11.8 Å². The number of rotatable bonds is 4. The Morgan fingerprint density at radius 1 is 1.47 bits per heavy atom. The van der Waals surface area contributed by atoms with Crippen molar-refractivity contribution in [3.63, 3.8) is 0 Å². The number of hydrogen-bond donors (Lipinski definition) is 2. The molecule has 0 aliphatic carbocycles. The number of benzene rings is 1. The number of carbonyl (C=O) groups excluding carboxylic acids is 1. The number of carbonyl (C=O) groups is 2. The lowest BCUT2D eigenvalue weighted by Crippen LogP contribution is -2.51. The molecule has 1 amide bonds. The molecule has 0 saturated carbocycles. The van der Waals surface area contributed by atoms with E-state index in [1.54, 1.807) is 25.1 Å². The van der Waals surface area contributed by atoms with Gasteiger partial charge in [0, 0.05) is 24.0 Å². The molecule has 1 heterocycles. The number of nitrogens with zero attached hydrogens (tertiary/aromatic N) is 1. The number of carboxylic acid groups (broad SMARTS) is 1. The number of carboxylic acids is 1. The number of amides is 1. The van der Waals surface area contributed by atoms with Gasteiger partial charge in [-0.25, -0.2) is 0 Å². The van der Waals surface area contributed by atoms with E-state index < -0.39 is 17.8 Å². The van der Waals surface area contributed by atoms with Gasteiger partial charge < -0.3 is 15.7 Å². The van der Waals surface area contributed by atoms with Crippen molar-refractivity contribution in [3.05, 3.63) is 28.8 Å². The minimum absolute atomic E-state index is 0.0807. The van der Waals surface area contributed by atoms with E-state index in [0.29, 0.717) is 29.4 Å². The summed E-state index contributed by atoms with van der Waals surface area (Å²) in [6.07, 6.45) is 0. The first-order valence-electron chi connectivity index (χ1n) is 5.97. The van der Waals surface area contributed by atoms with Gasteiger partial charge in [0.05, 0.1) is 17.2 Å². The van der Waals surface area contributed by atoms with Crippen molar-refractivity contribution in [1.29, 1.82) is 0 Å². The highest BCUT2D eigenvalue weighted by Crippen LogP contribution is 2.33. The van der Waals surface area contributed by atoms with Crippen LogP contribution in [0.2, 0.25) is 5.02 Å². The van der Waals surface area contributed by atoms with Gasteiger partial charge in [-0.15, -0.1) is 0 Å². The molecule has 5 nitrogen and oxygen atoms in total. The first kappa shape index (κ1) is 13.7. The van der Waals surface area contributed by atoms with Gasteiger partial charge in [0.2, 0.25) is 0 Å². The molecule has 1 aliphatic heterocycles. The predicted molar refractivity (Wildman–Crippen MR) is 72.5 cm³/mol. The van der Waals surface area contributed by atoms with Crippen LogP contribution in [0.3, 0.4) is 0 Å². The Balaban J connectivity index is 2.15. The molecular formula is C13H15ClN2O3. The van der Waals surface area contributed by atoms with Crippen LogP contribution in [-0.4, -0.2) is 30.1 Å². The standard InChI is InChI=1S/C13H15ClN2O3/c1-7(13(18)19)8-5-16(6-8)11-4-9(14)2-3-10(11)12(15)17/h2-4,7-8H,5-6H2,1H3,(H2,15,17)(H,18,19). The summed E-state index contributed by atoms with van der Waals surface area (Å²) in [5.41, 5.74) is 6.40. The molecule has 3 N–H and O–H groups in total. The second-order valence-electron chi connectivity index (χ2n) is 4.82. The number of primary amides is 1. The molecular weight excluding hydrogens is 268 g/mol. The minimum Gasteiger partial charge on any atom is -0.481 e. The van der Waals surface area contributed by atoms with Crippen LogP contribution in [0.4, 0.5) is 5.69 Å². The largest absolute Gasteiger partial charge is 0.481 e. The summed E-state index contributed by atoms with van der Waals surface area (Å²) in [7, 11) is 0. The normalized spacial score (nSPS) is 16.8. The van der Waals surface area contributed by atoms with Gasteiger partial charge in [-0.2, -0.15) is 0 Å². The number of anilines is 1. The van der Waals surface area contributed by atoms with Crippen LogP contribution in [-0.2, 0) is 4.79 Å². The van der Waals surface area contributed by atoms with Crippen LogP contribution in [0.25, 0.3) is 0 Å². The number of hydrogen-bond acceptors (Lipinski definition) is 3. The van der Waals surface area contributed by atoms with E-state index in [9.17, 15) is 9.59 Å². The van der Waals surface area contributed by atoms with E-state index in [0.717, 1.165) is 0 Å². The van der Waals surface area contributed by atoms with Crippen molar-refractivity contribution < 1.29 is 14.7 Å². The zero-order chi connectivity index (χ0) is 14.2. The maximum atomic E-state index is 11.4. The van der Waals surface area contributed by atoms with Gasteiger partial charge in [-0.1, -0.05) is 18.5 Å². The molecule has 19 heavy (non-hydrogen) atoms. The van der Waals surface area contributed by atoms with Crippen molar-refractivity contribution in [2.45, 2.75) is 6.92 Å². The highest BCUT2D eigenvalue weighted by Gasteiger charge is 2.36. The summed E-state index contributed by atoms with van der Waals surface area (Å²) in [6, 6.07) is 4.89. The van der Waals surface area contributed by atoms with Crippen LogP contribution < -0.4 is 10.6 Å². The summed E-state index contributed by atoms with van der Waals surface area (Å²) in [4.78, 5) is 24.2. The van der Waals surface area contributed by atoms with Gasteiger partial charge in [0.25, 0.3) is 5.91 Å². The Labute approximate surface area is 116 Å². The fraction of sp³-hybridized carbons (Fsp3) is 0.385. The van der Waals surface area contributed by atoms with E-state index in [1.165, 1.54) is 0 Å². The summed E-state index contributed by atoms with van der Waals surface area (Å²) in [5, 5.41) is 9.47. The number of nitrogens with two attached hydrogens (primary N) is 1. The number of aliphatic carboxylic acids is 1. The molecule has 1 atom stereocenters. The second kappa shape index (κ2) is 5.09. The molecule has 1 fully saturated rings. The van der Waals surface area contributed by atoms with E-state index in [-0.39, 0.29) is 5.92 Å². The first-order valence-corrected chi connectivity index (χ1v) is 6.35. The lowest BCUT2D eigenvalue weighted by molar-refractivity contribution is -0.143. The second-order valence-corrected chi connectivity index (χ2v) is 5.25. The number of halogens is 1. The van der Waals surface area contributed by atoms with Crippen molar-refractivity contribution in [2.75, 3.05) is 18.0 Å². The molecule has 1 unspecified atom stereocenters. The molecule has 6 heteroatoms. The van der Waals surface area contributed by atoms with Crippen LogP contribution >= 0.6 is 11.6 Å². The summed E-state index contributed by atoms with van der Waals surface area (Å²) < 4.78 is 0. The van der Waals surface area contributed by atoms with E-state index >= 15 is 0 Å². The monoisotopic (exact) mass is 282 g/mol. The highest BCUT2D eigenvalue weighted by atomic mass is 35.5. The SMILES string of the molecule is CC(C(=O)O)C1CN(c2cc(Cl)ccc2C(N)=O)C1. The van der Waals surface area contributed by atoms with Gasteiger partial charge in [0.15, 0.2) is 0 Å². The van der Waals surface area contributed by atoms with Gasteiger partial charge >= 0.3 is 5.97 Å². The summed E-state index contributed by atoms with van der Waals surface area (Å²) in [5.74, 6) is -1.63. The molecule has 1 aromatic rings. The quantitative estimate of drug-likeness (QED) is 0.878. The zero-order valence-corrected chi connectivity index (χ0v) is 11.2. The average molecular weight is 283 g/mol. The maximum Gasteiger partial charge on any atom is 0.306 e. The molecule has 102 valence electrons. The predicted octanol–water partition coefficient (Wildman–Crippen LogP) is 1.60. The van der Waals surface area contributed by atoms with Gasteiger partial charge in [-0.3, -0.25) is 9.59 Å². The van der Waals surface area contributed by atoms with Crippen LogP contribution in [0.5, 0.6) is 0 Å². The Morgan fingerprint density at radius 3 is 2.63 bits per heavy atom. The van der Waals surface area contributed by atoms with E-state index in [2.05, 4.69) is 0 Å². The van der Waals surface area contributed by atoms with Crippen molar-refractivity contribution >= 4 is 29.2 Å². The minimum atomic E-state index is -0.800.